The number of carboxylic acids is 1. The van der Waals surface area contributed by atoms with Gasteiger partial charge in [-0.15, -0.1) is 11.3 Å². The number of aromatic carboxylic acids is 1. The zero-order valence-corrected chi connectivity index (χ0v) is 16.3. The molecule has 2 aromatic carbocycles. The highest BCUT2D eigenvalue weighted by Gasteiger charge is 2.23. The number of aryl methyl sites for hydroxylation is 1. The molecule has 0 saturated carbocycles. The second kappa shape index (κ2) is 7.71. The van der Waals surface area contributed by atoms with Crippen LogP contribution in [0.1, 0.15) is 27.7 Å². The SMILES string of the molecule is CCc1c(C(=O)O)sc2cccc(N3CCN(Cc4ccccc4)CC3)c12. The molecule has 140 valence electrons. The van der Waals surface area contributed by atoms with Crippen LogP contribution in [0.3, 0.4) is 0 Å². The first kappa shape index (κ1) is 18.0. The predicted octanol–water partition coefficient (Wildman–Crippen LogP) is 4.48. The number of piperazine rings is 1. The number of carbonyl (C=O) groups is 1. The number of carboxylic acid groups (broad SMARTS) is 1. The molecule has 0 atom stereocenters. The Morgan fingerprint density at radius 1 is 1.04 bits per heavy atom. The van der Waals surface area contributed by atoms with Crippen molar-refractivity contribution in [1.82, 2.24) is 4.90 Å². The molecule has 27 heavy (non-hydrogen) atoms. The molecular formula is C22H24N2O2S. The van der Waals surface area contributed by atoms with Crippen molar-refractivity contribution >= 4 is 33.1 Å². The van der Waals surface area contributed by atoms with E-state index in [-0.39, 0.29) is 0 Å². The number of anilines is 1. The molecule has 1 aromatic heterocycles. The van der Waals surface area contributed by atoms with Crippen LogP contribution in [0.15, 0.2) is 48.5 Å². The Hall–Kier alpha value is -2.37. The van der Waals surface area contributed by atoms with Gasteiger partial charge in [0.15, 0.2) is 0 Å². The Morgan fingerprint density at radius 3 is 2.44 bits per heavy atom. The van der Waals surface area contributed by atoms with Gasteiger partial charge in [-0.25, -0.2) is 4.79 Å². The van der Waals surface area contributed by atoms with E-state index in [1.165, 1.54) is 22.6 Å². The summed E-state index contributed by atoms with van der Waals surface area (Å²) in [5, 5.41) is 10.7. The van der Waals surface area contributed by atoms with Crippen molar-refractivity contribution in [3.63, 3.8) is 0 Å². The monoisotopic (exact) mass is 380 g/mol. The standard InChI is InChI=1S/C22H24N2O2S/c1-2-17-20-18(9-6-10-19(20)27-21(17)22(25)26)24-13-11-23(12-14-24)15-16-7-4-3-5-8-16/h3-10H,2,11-15H2,1H3,(H,25,26). The van der Waals surface area contributed by atoms with Crippen molar-refractivity contribution in [3.8, 4) is 0 Å². The number of hydrogen-bond acceptors (Lipinski definition) is 4. The minimum atomic E-state index is -0.813. The summed E-state index contributed by atoms with van der Waals surface area (Å²) in [6.07, 6.45) is 0.743. The van der Waals surface area contributed by atoms with Crippen LogP contribution in [-0.2, 0) is 13.0 Å². The molecule has 0 amide bonds. The molecule has 5 heteroatoms. The minimum absolute atomic E-state index is 0.489. The van der Waals surface area contributed by atoms with E-state index in [0.29, 0.717) is 4.88 Å². The van der Waals surface area contributed by atoms with Gasteiger partial charge in [-0.2, -0.15) is 0 Å². The summed E-state index contributed by atoms with van der Waals surface area (Å²) in [4.78, 5) is 17.0. The lowest BCUT2D eigenvalue weighted by atomic mass is 10.0. The summed E-state index contributed by atoms with van der Waals surface area (Å²) < 4.78 is 1.08. The van der Waals surface area contributed by atoms with Crippen molar-refractivity contribution in [3.05, 3.63) is 64.5 Å². The molecule has 1 aliphatic heterocycles. The first-order chi connectivity index (χ1) is 13.2. The molecule has 4 nitrogen and oxygen atoms in total. The molecule has 0 bridgehead atoms. The molecule has 0 aliphatic carbocycles. The van der Waals surface area contributed by atoms with Gasteiger partial charge in [-0.05, 0) is 29.7 Å². The highest BCUT2D eigenvalue weighted by molar-refractivity contribution is 7.21. The van der Waals surface area contributed by atoms with E-state index in [9.17, 15) is 9.90 Å². The fourth-order valence-corrected chi connectivity index (χ4v) is 5.11. The largest absolute Gasteiger partial charge is 0.477 e. The van der Waals surface area contributed by atoms with Gasteiger partial charge in [0.05, 0.1) is 0 Å². The average Bonchev–Trinajstić information content (AvgIpc) is 3.08. The maximum Gasteiger partial charge on any atom is 0.346 e. The minimum Gasteiger partial charge on any atom is -0.477 e. The van der Waals surface area contributed by atoms with Crippen molar-refractivity contribution < 1.29 is 9.90 Å². The summed E-state index contributed by atoms with van der Waals surface area (Å²) in [6, 6.07) is 16.8. The Morgan fingerprint density at radius 2 is 1.78 bits per heavy atom. The van der Waals surface area contributed by atoms with Crippen molar-refractivity contribution in [2.45, 2.75) is 19.9 Å². The maximum atomic E-state index is 11.6. The normalized spacial score (nSPS) is 15.4. The van der Waals surface area contributed by atoms with Gasteiger partial charge in [0, 0.05) is 48.5 Å². The summed E-state index contributed by atoms with van der Waals surface area (Å²) in [5.74, 6) is -0.813. The third-order valence-corrected chi connectivity index (χ3v) is 6.49. The first-order valence-corrected chi connectivity index (χ1v) is 10.3. The van der Waals surface area contributed by atoms with Crippen LogP contribution in [0.25, 0.3) is 10.1 Å². The first-order valence-electron chi connectivity index (χ1n) is 9.46. The number of rotatable bonds is 5. The third kappa shape index (κ3) is 3.57. The van der Waals surface area contributed by atoms with Crippen LogP contribution in [0.4, 0.5) is 5.69 Å². The van der Waals surface area contributed by atoms with Crippen molar-refractivity contribution in [2.75, 3.05) is 31.1 Å². The molecule has 4 rings (SSSR count). The number of hydrogen-bond donors (Lipinski definition) is 1. The Bertz CT molecular complexity index is 944. The summed E-state index contributed by atoms with van der Waals surface area (Å²) >= 11 is 1.40. The highest BCUT2D eigenvalue weighted by Crippen LogP contribution is 2.38. The fraction of sp³-hybridized carbons (Fsp3) is 0.318. The van der Waals surface area contributed by atoms with E-state index < -0.39 is 5.97 Å². The van der Waals surface area contributed by atoms with Crippen molar-refractivity contribution in [2.24, 2.45) is 0 Å². The Balaban J connectivity index is 1.56. The molecule has 1 aliphatic rings. The van der Waals surface area contributed by atoms with E-state index in [4.69, 9.17) is 0 Å². The lowest BCUT2D eigenvalue weighted by Crippen LogP contribution is -2.46. The fourth-order valence-electron chi connectivity index (χ4n) is 3.96. The zero-order chi connectivity index (χ0) is 18.8. The van der Waals surface area contributed by atoms with Crippen molar-refractivity contribution in [1.29, 1.82) is 0 Å². The molecule has 1 N–H and O–H groups in total. The molecule has 0 spiro atoms. The molecule has 3 aromatic rings. The van der Waals surface area contributed by atoms with Gasteiger partial charge >= 0.3 is 5.97 Å². The maximum absolute atomic E-state index is 11.6. The van der Waals surface area contributed by atoms with Crippen LogP contribution < -0.4 is 4.90 Å². The lowest BCUT2D eigenvalue weighted by molar-refractivity contribution is 0.0701. The number of fused-ring (bicyclic) bond motifs is 1. The number of thiophene rings is 1. The molecule has 1 fully saturated rings. The van der Waals surface area contributed by atoms with E-state index in [0.717, 1.165) is 54.8 Å². The molecule has 2 heterocycles. The van der Waals surface area contributed by atoms with Gasteiger partial charge in [-0.1, -0.05) is 43.3 Å². The topological polar surface area (TPSA) is 43.8 Å². The third-order valence-electron chi connectivity index (χ3n) is 5.30. The van der Waals surface area contributed by atoms with Crippen LogP contribution in [-0.4, -0.2) is 42.2 Å². The highest BCUT2D eigenvalue weighted by atomic mass is 32.1. The molecule has 0 radical (unpaired) electrons. The van der Waals surface area contributed by atoms with Crippen LogP contribution in [0.5, 0.6) is 0 Å². The van der Waals surface area contributed by atoms with E-state index in [2.05, 4.69) is 52.3 Å². The summed E-state index contributed by atoms with van der Waals surface area (Å²) in [6.45, 7) is 7.00. The second-order valence-corrected chi connectivity index (χ2v) is 8.02. The Labute approximate surface area is 163 Å². The Kier molecular flexibility index (Phi) is 5.14. The quantitative estimate of drug-likeness (QED) is 0.709. The number of benzene rings is 2. The smallest absolute Gasteiger partial charge is 0.346 e. The summed E-state index contributed by atoms with van der Waals surface area (Å²) in [5.41, 5.74) is 3.52. The van der Waals surface area contributed by atoms with Gasteiger partial charge in [-0.3, -0.25) is 4.90 Å². The van der Waals surface area contributed by atoms with E-state index in [1.54, 1.807) is 0 Å². The van der Waals surface area contributed by atoms with E-state index >= 15 is 0 Å². The summed E-state index contributed by atoms with van der Waals surface area (Å²) in [7, 11) is 0. The van der Waals surface area contributed by atoms with Gasteiger partial charge in [0.2, 0.25) is 0 Å². The molecule has 1 saturated heterocycles. The lowest BCUT2D eigenvalue weighted by Gasteiger charge is -2.36. The number of nitrogens with zero attached hydrogens (tertiary/aromatic N) is 2. The predicted molar refractivity (Wildman–Crippen MR) is 112 cm³/mol. The van der Waals surface area contributed by atoms with Gasteiger partial charge < -0.3 is 10.0 Å². The van der Waals surface area contributed by atoms with Gasteiger partial charge in [0.25, 0.3) is 0 Å². The second-order valence-electron chi connectivity index (χ2n) is 6.97. The molecular weight excluding hydrogens is 356 g/mol. The zero-order valence-electron chi connectivity index (χ0n) is 15.5. The van der Waals surface area contributed by atoms with Gasteiger partial charge in [0.1, 0.15) is 4.88 Å². The molecule has 0 unspecified atom stereocenters. The van der Waals surface area contributed by atoms with E-state index in [1.807, 2.05) is 13.0 Å². The van der Waals surface area contributed by atoms with Crippen LogP contribution >= 0.6 is 11.3 Å². The average molecular weight is 381 g/mol. The van der Waals surface area contributed by atoms with Crippen LogP contribution in [0, 0.1) is 0 Å². The van der Waals surface area contributed by atoms with Crippen LogP contribution in [0.2, 0.25) is 0 Å².